The summed E-state index contributed by atoms with van der Waals surface area (Å²) in [4.78, 5) is 13.6. The van der Waals surface area contributed by atoms with Crippen LogP contribution in [0.1, 0.15) is 93.2 Å². The Labute approximate surface area is 222 Å². The molecule has 4 heteroatoms. The van der Waals surface area contributed by atoms with E-state index in [2.05, 4.69) is 60.2 Å². The molecule has 2 aliphatic carbocycles. The lowest BCUT2D eigenvalue weighted by atomic mass is 9.80. The predicted octanol–water partition coefficient (Wildman–Crippen LogP) is 7.54. The van der Waals surface area contributed by atoms with Crippen molar-refractivity contribution in [2.24, 2.45) is 17.6 Å². The first-order valence-electron chi connectivity index (χ1n) is 14.5. The summed E-state index contributed by atoms with van der Waals surface area (Å²) >= 11 is 0. The molecular formula is C33H44N2O2. The number of benzene rings is 2. The van der Waals surface area contributed by atoms with E-state index in [1.54, 1.807) is 7.11 Å². The lowest BCUT2D eigenvalue weighted by Crippen LogP contribution is -2.27. The summed E-state index contributed by atoms with van der Waals surface area (Å²) in [5.41, 5.74) is 11.1. The smallest absolute Gasteiger partial charge is 0.134 e. The van der Waals surface area contributed by atoms with Crippen LogP contribution in [0, 0.1) is 18.8 Å². The summed E-state index contributed by atoms with van der Waals surface area (Å²) in [6.45, 7) is 3.20. The van der Waals surface area contributed by atoms with Crippen LogP contribution in [0.25, 0.3) is 10.9 Å². The molecule has 0 spiro atoms. The first kappa shape index (κ1) is 26.0. The number of aryl methyl sites for hydroxylation is 1. The number of carbonyl (C=O) groups is 1. The number of Topliss-reactive ketones (excluding diaryl/α,β-unsaturated/α-hetero) is 1. The molecule has 2 aliphatic rings. The molecule has 3 aromatic rings. The summed E-state index contributed by atoms with van der Waals surface area (Å²) in [5, 5.41) is 1.22. The zero-order valence-corrected chi connectivity index (χ0v) is 22.8. The van der Waals surface area contributed by atoms with Crippen LogP contribution in [-0.4, -0.2) is 23.5 Å². The average Bonchev–Trinajstić information content (AvgIpc) is 3.26. The van der Waals surface area contributed by atoms with Crippen LogP contribution in [0.15, 0.2) is 48.7 Å². The number of fused-ring (bicyclic) bond motifs is 1. The molecule has 2 N–H and O–H groups in total. The fourth-order valence-corrected chi connectivity index (χ4v) is 6.83. The van der Waals surface area contributed by atoms with Gasteiger partial charge in [0.25, 0.3) is 0 Å². The van der Waals surface area contributed by atoms with Crippen LogP contribution in [0.4, 0.5) is 0 Å². The molecule has 0 saturated heterocycles. The first-order valence-corrected chi connectivity index (χ1v) is 14.5. The maximum atomic E-state index is 13.6. The standard InChI is InChI=1S/C33H44N2O2/c1-23-7-6-10-26(17-23)30(19-28(36)18-24-11-13-27(34)14-12-24)32-22-35(21-25-8-4-3-5-9-25)33-16-15-29(37-2)20-31(32)33/h6-7,10,15-17,20,22,24-25,27,30H,3-5,8-9,11-14,18-19,21,34H2,1-2H3. The summed E-state index contributed by atoms with van der Waals surface area (Å²) in [7, 11) is 1.73. The van der Waals surface area contributed by atoms with Gasteiger partial charge in [0.05, 0.1) is 7.11 Å². The van der Waals surface area contributed by atoms with Crippen molar-refractivity contribution in [2.75, 3.05) is 7.11 Å². The Morgan fingerprint density at radius 3 is 2.51 bits per heavy atom. The van der Waals surface area contributed by atoms with Crippen LogP contribution in [-0.2, 0) is 11.3 Å². The largest absolute Gasteiger partial charge is 0.497 e. The van der Waals surface area contributed by atoms with Crippen molar-refractivity contribution in [2.45, 2.75) is 96.1 Å². The number of ketones is 1. The Morgan fingerprint density at radius 1 is 1.00 bits per heavy atom. The zero-order chi connectivity index (χ0) is 25.8. The van der Waals surface area contributed by atoms with Gasteiger partial charge in [0.1, 0.15) is 11.5 Å². The molecule has 4 nitrogen and oxygen atoms in total. The minimum absolute atomic E-state index is 0.0421. The molecule has 0 amide bonds. The Balaban J connectivity index is 1.50. The molecule has 0 bridgehead atoms. The van der Waals surface area contributed by atoms with Gasteiger partial charge in [-0.05, 0) is 86.6 Å². The van der Waals surface area contributed by atoms with Crippen molar-refractivity contribution >= 4 is 16.7 Å². The minimum Gasteiger partial charge on any atom is -0.497 e. The fraction of sp³-hybridized carbons (Fsp3) is 0.545. The second-order valence-electron chi connectivity index (χ2n) is 11.8. The molecule has 1 unspecified atom stereocenters. The van der Waals surface area contributed by atoms with E-state index in [9.17, 15) is 4.79 Å². The molecule has 1 heterocycles. The molecule has 198 valence electrons. The molecule has 37 heavy (non-hydrogen) atoms. The molecule has 2 aromatic carbocycles. The van der Waals surface area contributed by atoms with Gasteiger partial charge in [0.2, 0.25) is 0 Å². The van der Waals surface area contributed by atoms with Gasteiger partial charge in [-0.15, -0.1) is 0 Å². The number of methoxy groups -OCH3 is 1. The lowest BCUT2D eigenvalue weighted by molar-refractivity contribution is -0.120. The number of ether oxygens (including phenoxy) is 1. The molecule has 0 radical (unpaired) electrons. The number of hydrogen-bond acceptors (Lipinski definition) is 3. The van der Waals surface area contributed by atoms with Gasteiger partial charge in [-0.1, -0.05) is 49.1 Å². The van der Waals surface area contributed by atoms with Crippen molar-refractivity contribution in [3.05, 3.63) is 65.4 Å². The van der Waals surface area contributed by atoms with E-state index < -0.39 is 0 Å². The number of aromatic nitrogens is 1. The normalized spacial score (nSPS) is 21.7. The topological polar surface area (TPSA) is 57.2 Å². The number of nitrogens with zero attached hydrogens (tertiary/aromatic N) is 1. The van der Waals surface area contributed by atoms with Crippen LogP contribution >= 0.6 is 0 Å². The third kappa shape index (κ3) is 6.29. The molecule has 0 aliphatic heterocycles. The Bertz CT molecular complexity index is 1200. The van der Waals surface area contributed by atoms with E-state index >= 15 is 0 Å². The van der Waals surface area contributed by atoms with Crippen LogP contribution in [0.2, 0.25) is 0 Å². The maximum Gasteiger partial charge on any atom is 0.134 e. The highest BCUT2D eigenvalue weighted by atomic mass is 16.5. The number of rotatable bonds is 9. The number of carbonyl (C=O) groups excluding carboxylic acids is 1. The first-order chi connectivity index (χ1) is 18.0. The quantitative estimate of drug-likeness (QED) is 0.330. The van der Waals surface area contributed by atoms with E-state index in [0.29, 0.717) is 30.6 Å². The highest BCUT2D eigenvalue weighted by Crippen LogP contribution is 2.39. The number of nitrogens with two attached hydrogens (primary N) is 1. The van der Waals surface area contributed by atoms with Crippen molar-refractivity contribution in [3.63, 3.8) is 0 Å². The van der Waals surface area contributed by atoms with Crippen molar-refractivity contribution < 1.29 is 9.53 Å². The van der Waals surface area contributed by atoms with Crippen LogP contribution in [0.3, 0.4) is 0 Å². The number of hydrogen-bond donors (Lipinski definition) is 1. The van der Waals surface area contributed by atoms with Crippen molar-refractivity contribution in [1.82, 2.24) is 4.57 Å². The summed E-state index contributed by atoms with van der Waals surface area (Å²) in [6, 6.07) is 15.5. The van der Waals surface area contributed by atoms with Crippen molar-refractivity contribution in [1.29, 1.82) is 0 Å². The second kappa shape index (κ2) is 11.9. The van der Waals surface area contributed by atoms with Gasteiger partial charge in [0, 0.05) is 48.4 Å². The monoisotopic (exact) mass is 500 g/mol. The summed E-state index contributed by atoms with van der Waals surface area (Å²) < 4.78 is 8.11. The Hall–Kier alpha value is -2.59. The Morgan fingerprint density at radius 2 is 1.78 bits per heavy atom. The lowest BCUT2D eigenvalue weighted by Gasteiger charge is -2.26. The van der Waals surface area contributed by atoms with E-state index in [-0.39, 0.29) is 5.92 Å². The van der Waals surface area contributed by atoms with Gasteiger partial charge >= 0.3 is 0 Å². The van der Waals surface area contributed by atoms with Gasteiger partial charge in [-0.2, -0.15) is 0 Å². The highest BCUT2D eigenvalue weighted by Gasteiger charge is 2.27. The van der Waals surface area contributed by atoms with Crippen molar-refractivity contribution in [3.8, 4) is 5.75 Å². The average molecular weight is 501 g/mol. The molecule has 5 rings (SSSR count). The fourth-order valence-electron chi connectivity index (χ4n) is 6.83. The second-order valence-corrected chi connectivity index (χ2v) is 11.8. The minimum atomic E-state index is 0.0421. The molecule has 2 fully saturated rings. The zero-order valence-electron chi connectivity index (χ0n) is 22.8. The van der Waals surface area contributed by atoms with E-state index in [1.807, 2.05) is 0 Å². The molecule has 2 saturated carbocycles. The maximum absolute atomic E-state index is 13.6. The van der Waals surface area contributed by atoms with Gasteiger partial charge < -0.3 is 15.0 Å². The van der Waals surface area contributed by atoms with Gasteiger partial charge in [-0.3, -0.25) is 4.79 Å². The predicted molar refractivity (Wildman–Crippen MR) is 152 cm³/mol. The third-order valence-electron chi connectivity index (χ3n) is 8.96. The molecule has 1 atom stereocenters. The van der Waals surface area contributed by atoms with E-state index in [0.717, 1.165) is 43.9 Å². The highest BCUT2D eigenvalue weighted by molar-refractivity contribution is 5.88. The third-order valence-corrected chi connectivity index (χ3v) is 8.96. The molecule has 1 aromatic heterocycles. The van der Waals surface area contributed by atoms with Crippen LogP contribution in [0.5, 0.6) is 5.75 Å². The molecular weight excluding hydrogens is 456 g/mol. The van der Waals surface area contributed by atoms with E-state index in [1.165, 1.54) is 59.7 Å². The SMILES string of the molecule is COc1ccc2c(c1)c(C(CC(=O)CC1CCC(N)CC1)c1cccc(C)c1)cn2CC1CCCCC1. The van der Waals surface area contributed by atoms with E-state index in [4.69, 9.17) is 10.5 Å². The summed E-state index contributed by atoms with van der Waals surface area (Å²) in [6.07, 6.45) is 14.5. The van der Waals surface area contributed by atoms with Gasteiger partial charge in [0.15, 0.2) is 0 Å². The Kier molecular flexibility index (Phi) is 8.34. The van der Waals surface area contributed by atoms with Gasteiger partial charge in [-0.25, -0.2) is 0 Å². The summed E-state index contributed by atoms with van der Waals surface area (Å²) in [5.74, 6) is 2.51. The van der Waals surface area contributed by atoms with Crippen LogP contribution < -0.4 is 10.5 Å².